The van der Waals surface area contributed by atoms with Gasteiger partial charge in [-0.3, -0.25) is 9.47 Å². The zero-order chi connectivity index (χ0) is 26.8. The van der Waals surface area contributed by atoms with Gasteiger partial charge in [-0.15, -0.1) is 0 Å². The van der Waals surface area contributed by atoms with Gasteiger partial charge >= 0.3 is 6.03 Å². The second-order valence-corrected chi connectivity index (χ2v) is 9.34. The summed E-state index contributed by atoms with van der Waals surface area (Å²) in [4.78, 5) is 18.9. The van der Waals surface area contributed by atoms with Crippen LogP contribution in [0.5, 0.6) is 0 Å². The van der Waals surface area contributed by atoms with Gasteiger partial charge in [-0.25, -0.2) is 18.6 Å². The third-order valence-electron chi connectivity index (χ3n) is 6.49. The fourth-order valence-corrected chi connectivity index (χ4v) is 4.82. The van der Waals surface area contributed by atoms with Crippen molar-refractivity contribution in [3.05, 3.63) is 105 Å². The number of halogens is 4. The van der Waals surface area contributed by atoms with Gasteiger partial charge in [0.15, 0.2) is 0 Å². The first-order valence-electron chi connectivity index (χ1n) is 11.8. The van der Waals surface area contributed by atoms with Gasteiger partial charge in [0.2, 0.25) is 5.95 Å². The molecule has 38 heavy (non-hydrogen) atoms. The third kappa shape index (κ3) is 5.14. The fourth-order valence-electron chi connectivity index (χ4n) is 4.67. The number of pyridine rings is 1. The van der Waals surface area contributed by atoms with Crippen LogP contribution in [0.1, 0.15) is 27.9 Å². The third-order valence-corrected chi connectivity index (χ3v) is 6.78. The average Bonchev–Trinajstić information content (AvgIpc) is 3.20. The van der Waals surface area contributed by atoms with E-state index in [1.54, 1.807) is 24.3 Å². The van der Waals surface area contributed by atoms with Crippen LogP contribution in [-0.2, 0) is 19.5 Å². The van der Waals surface area contributed by atoms with Gasteiger partial charge < -0.3 is 5.32 Å². The van der Waals surface area contributed by atoms with Gasteiger partial charge in [0.25, 0.3) is 0 Å². The number of hydrogen-bond acceptors (Lipinski definition) is 4. The maximum atomic E-state index is 14.5. The fraction of sp³-hybridized carbons (Fsp3) is 0.179. The highest BCUT2D eigenvalue weighted by Gasteiger charge is 2.27. The van der Waals surface area contributed by atoms with Gasteiger partial charge in [0.05, 0.1) is 16.1 Å². The SMILES string of the molecule is N#Cc1ccc(/C=C/CN2CCc3c(c4cc(F)c(Cl)cc4n3C(=O)NCc3ccnc(F)c3)C2)cc1F. The molecule has 1 amide bonds. The maximum absolute atomic E-state index is 14.5. The number of carbonyl (C=O) groups excluding carboxylic acids is 1. The van der Waals surface area contributed by atoms with Crippen LogP contribution in [0, 0.1) is 28.9 Å². The van der Waals surface area contributed by atoms with Crippen molar-refractivity contribution in [2.45, 2.75) is 19.5 Å². The molecular weight excluding hydrogens is 515 g/mol. The molecule has 0 atom stereocenters. The highest BCUT2D eigenvalue weighted by atomic mass is 35.5. The van der Waals surface area contributed by atoms with Gasteiger partial charge in [0.1, 0.15) is 17.7 Å². The molecule has 2 aromatic carbocycles. The Bertz CT molecular complexity index is 1630. The molecule has 0 saturated carbocycles. The Kier molecular flexibility index (Phi) is 7.18. The second-order valence-electron chi connectivity index (χ2n) is 8.93. The number of hydrogen-bond donors (Lipinski definition) is 1. The molecule has 10 heteroatoms. The Labute approximate surface area is 221 Å². The molecule has 0 saturated heterocycles. The summed E-state index contributed by atoms with van der Waals surface area (Å²) in [5.74, 6) is -1.79. The smallest absolute Gasteiger partial charge is 0.326 e. The summed E-state index contributed by atoms with van der Waals surface area (Å²) >= 11 is 6.07. The zero-order valence-corrected chi connectivity index (χ0v) is 20.8. The molecule has 6 nitrogen and oxygen atoms in total. The molecule has 0 spiro atoms. The number of aromatic nitrogens is 2. The van der Waals surface area contributed by atoms with E-state index >= 15 is 0 Å². The topological polar surface area (TPSA) is 74.0 Å². The molecule has 0 unspecified atom stereocenters. The molecule has 1 aliphatic rings. The van der Waals surface area contributed by atoms with Gasteiger partial charge in [-0.2, -0.15) is 9.65 Å². The largest absolute Gasteiger partial charge is 0.333 e. The molecule has 192 valence electrons. The first-order chi connectivity index (χ1) is 18.3. The standard InChI is InChI=1S/C28H21ClF3N5O/c29-22-13-26-20(12-24(22)31)21-16-36(8-1-2-17-3-4-19(14-33)23(30)10-17)9-6-25(21)37(26)28(38)35-15-18-5-7-34-27(32)11-18/h1-5,7,10-13H,6,8-9,15-16H2,(H,35,38)/b2-1+. The lowest BCUT2D eigenvalue weighted by molar-refractivity contribution is 0.240. The van der Waals surface area contributed by atoms with Crippen LogP contribution >= 0.6 is 11.6 Å². The lowest BCUT2D eigenvalue weighted by Crippen LogP contribution is -2.34. The summed E-state index contributed by atoms with van der Waals surface area (Å²) < 4.78 is 43.3. The molecule has 1 N–H and O–H groups in total. The van der Waals surface area contributed by atoms with Crippen molar-refractivity contribution in [3.63, 3.8) is 0 Å². The number of amides is 1. The summed E-state index contributed by atoms with van der Waals surface area (Å²) in [6, 6.07) is 11.4. The number of nitrogens with zero attached hydrogens (tertiary/aromatic N) is 4. The summed E-state index contributed by atoms with van der Waals surface area (Å²) in [7, 11) is 0. The summed E-state index contributed by atoms with van der Waals surface area (Å²) in [6.45, 7) is 1.74. The minimum Gasteiger partial charge on any atom is -0.333 e. The molecule has 0 bridgehead atoms. The summed E-state index contributed by atoms with van der Waals surface area (Å²) in [5.41, 5.74) is 3.26. The molecule has 5 rings (SSSR count). The molecule has 1 aliphatic heterocycles. The summed E-state index contributed by atoms with van der Waals surface area (Å²) in [5, 5.41) is 12.2. The van der Waals surface area contributed by atoms with E-state index in [1.807, 2.05) is 6.08 Å². The number of fused-ring (bicyclic) bond motifs is 3. The predicted octanol–water partition coefficient (Wildman–Crippen LogP) is 5.81. The Morgan fingerprint density at radius 1 is 1.16 bits per heavy atom. The second kappa shape index (κ2) is 10.7. The van der Waals surface area contributed by atoms with Crippen LogP contribution in [0.25, 0.3) is 17.0 Å². The van der Waals surface area contributed by atoms with Crippen molar-refractivity contribution in [2.75, 3.05) is 13.1 Å². The van der Waals surface area contributed by atoms with Crippen LogP contribution in [0.2, 0.25) is 5.02 Å². The van der Waals surface area contributed by atoms with E-state index in [1.165, 1.54) is 41.1 Å². The van der Waals surface area contributed by atoms with Crippen LogP contribution in [0.15, 0.2) is 54.7 Å². The minimum atomic E-state index is -0.638. The quantitative estimate of drug-likeness (QED) is 0.327. The molecule has 3 heterocycles. The van der Waals surface area contributed by atoms with E-state index in [4.69, 9.17) is 16.9 Å². The van der Waals surface area contributed by atoms with Gasteiger partial charge in [-0.05, 0) is 53.1 Å². The number of nitrogens with one attached hydrogen (secondary N) is 1. The van der Waals surface area contributed by atoms with E-state index in [-0.39, 0.29) is 17.1 Å². The lowest BCUT2D eigenvalue weighted by atomic mass is 10.0. The Hall–Kier alpha value is -4.13. The van der Waals surface area contributed by atoms with Crippen molar-refractivity contribution in [1.29, 1.82) is 5.26 Å². The average molecular weight is 536 g/mol. The van der Waals surface area contributed by atoms with E-state index in [2.05, 4.69) is 15.2 Å². The number of benzene rings is 2. The van der Waals surface area contributed by atoms with Gasteiger partial charge in [-0.1, -0.05) is 29.8 Å². The van der Waals surface area contributed by atoms with Crippen LogP contribution in [-0.4, -0.2) is 33.6 Å². The Morgan fingerprint density at radius 2 is 2.00 bits per heavy atom. The molecule has 0 aliphatic carbocycles. The van der Waals surface area contributed by atoms with E-state index in [9.17, 15) is 18.0 Å². The molecule has 4 aromatic rings. The normalized spacial score (nSPS) is 13.6. The van der Waals surface area contributed by atoms with Crippen molar-refractivity contribution < 1.29 is 18.0 Å². The molecule has 0 radical (unpaired) electrons. The molecule has 2 aromatic heterocycles. The van der Waals surface area contributed by atoms with Crippen molar-refractivity contribution in [2.24, 2.45) is 0 Å². The molecule has 0 fully saturated rings. The monoisotopic (exact) mass is 535 g/mol. The van der Waals surface area contributed by atoms with E-state index in [0.717, 1.165) is 11.3 Å². The van der Waals surface area contributed by atoms with Crippen LogP contribution in [0.4, 0.5) is 18.0 Å². The summed E-state index contributed by atoms with van der Waals surface area (Å²) in [6.07, 6.45) is 5.52. The van der Waals surface area contributed by atoms with E-state index < -0.39 is 23.6 Å². The minimum absolute atomic E-state index is 0.00795. The van der Waals surface area contributed by atoms with Crippen LogP contribution in [0.3, 0.4) is 0 Å². The van der Waals surface area contributed by atoms with Crippen molar-refractivity contribution >= 4 is 34.6 Å². The highest BCUT2D eigenvalue weighted by Crippen LogP contribution is 2.34. The predicted molar refractivity (Wildman–Crippen MR) is 138 cm³/mol. The van der Waals surface area contributed by atoms with E-state index in [0.29, 0.717) is 48.1 Å². The highest BCUT2D eigenvalue weighted by molar-refractivity contribution is 6.31. The number of rotatable bonds is 5. The van der Waals surface area contributed by atoms with Gasteiger partial charge in [0, 0.05) is 49.9 Å². The van der Waals surface area contributed by atoms with Crippen molar-refractivity contribution in [3.8, 4) is 6.07 Å². The number of carbonyl (C=O) groups is 1. The Morgan fingerprint density at radius 3 is 2.76 bits per heavy atom. The Balaban J connectivity index is 1.38. The maximum Gasteiger partial charge on any atom is 0.326 e. The first-order valence-corrected chi connectivity index (χ1v) is 12.2. The molecular formula is C28H21ClF3N5O. The zero-order valence-electron chi connectivity index (χ0n) is 20.0. The lowest BCUT2D eigenvalue weighted by Gasteiger charge is -2.27. The number of nitriles is 1. The first kappa shape index (κ1) is 25.5. The van der Waals surface area contributed by atoms with Crippen molar-refractivity contribution in [1.82, 2.24) is 19.8 Å². The van der Waals surface area contributed by atoms with Crippen LogP contribution < -0.4 is 5.32 Å².